The lowest BCUT2D eigenvalue weighted by atomic mass is 10.2. The molecule has 0 bridgehead atoms. The van der Waals surface area contributed by atoms with Crippen LogP contribution in [0.5, 0.6) is 0 Å². The monoisotopic (exact) mass is 272 g/mol. The van der Waals surface area contributed by atoms with E-state index in [1.807, 2.05) is 62.3 Å². The Morgan fingerprint density at radius 1 is 0.950 bits per heavy atom. The molecule has 2 aromatic heterocycles. The summed E-state index contributed by atoms with van der Waals surface area (Å²) in [6.07, 6.45) is 1.77. The van der Waals surface area contributed by atoms with Gasteiger partial charge in [0, 0.05) is 45.8 Å². The number of pyridine rings is 2. The summed E-state index contributed by atoms with van der Waals surface area (Å²) in [6.45, 7) is -0.0813. The van der Waals surface area contributed by atoms with Crippen LogP contribution in [0.25, 0.3) is 11.4 Å². The Morgan fingerprint density at radius 3 is 2.20 bits per heavy atom. The van der Waals surface area contributed by atoms with Crippen molar-refractivity contribution in [3.8, 4) is 11.4 Å². The van der Waals surface area contributed by atoms with Crippen molar-refractivity contribution in [3.05, 3.63) is 36.2 Å². The van der Waals surface area contributed by atoms with Gasteiger partial charge in [0.1, 0.15) is 0 Å². The summed E-state index contributed by atoms with van der Waals surface area (Å²) in [6, 6.07) is 7.79. The Bertz CT molecular complexity index is 596. The molecule has 2 aromatic rings. The van der Waals surface area contributed by atoms with Crippen LogP contribution in [0.2, 0.25) is 0 Å². The van der Waals surface area contributed by atoms with Crippen molar-refractivity contribution in [2.45, 2.75) is 6.61 Å². The number of rotatable bonds is 4. The third-order valence-electron chi connectivity index (χ3n) is 3.06. The third-order valence-corrected chi connectivity index (χ3v) is 3.06. The largest absolute Gasteiger partial charge is 0.390 e. The van der Waals surface area contributed by atoms with Gasteiger partial charge < -0.3 is 14.9 Å². The van der Waals surface area contributed by atoms with Crippen molar-refractivity contribution in [1.82, 2.24) is 9.97 Å². The summed E-state index contributed by atoms with van der Waals surface area (Å²) in [7, 11) is 7.90. The highest BCUT2D eigenvalue weighted by atomic mass is 16.3. The van der Waals surface area contributed by atoms with E-state index in [4.69, 9.17) is 0 Å². The Hall–Kier alpha value is -2.14. The molecule has 2 heterocycles. The molecule has 0 aliphatic rings. The van der Waals surface area contributed by atoms with Gasteiger partial charge in [0.25, 0.3) is 0 Å². The Labute approximate surface area is 119 Å². The average Bonchev–Trinajstić information content (AvgIpc) is 2.46. The van der Waals surface area contributed by atoms with Crippen molar-refractivity contribution in [2.75, 3.05) is 38.0 Å². The zero-order valence-electron chi connectivity index (χ0n) is 12.3. The maximum absolute atomic E-state index is 9.35. The van der Waals surface area contributed by atoms with Gasteiger partial charge in [-0.15, -0.1) is 0 Å². The maximum atomic E-state index is 9.35. The number of hydrogen-bond donors (Lipinski definition) is 1. The van der Waals surface area contributed by atoms with Crippen molar-refractivity contribution >= 4 is 11.4 Å². The van der Waals surface area contributed by atoms with Crippen LogP contribution in [0, 0.1) is 0 Å². The van der Waals surface area contributed by atoms with E-state index in [1.165, 1.54) is 0 Å². The summed E-state index contributed by atoms with van der Waals surface area (Å²) in [5.41, 5.74) is 4.27. The molecule has 0 aliphatic carbocycles. The molecule has 0 aliphatic heterocycles. The van der Waals surface area contributed by atoms with Gasteiger partial charge in [0.2, 0.25) is 0 Å². The summed E-state index contributed by atoms with van der Waals surface area (Å²) < 4.78 is 0. The molecule has 0 unspecified atom stereocenters. The van der Waals surface area contributed by atoms with Crippen LogP contribution in [0.1, 0.15) is 5.69 Å². The van der Waals surface area contributed by atoms with Crippen LogP contribution in [0.15, 0.2) is 30.5 Å². The number of aromatic nitrogens is 2. The van der Waals surface area contributed by atoms with Gasteiger partial charge in [-0.05, 0) is 24.3 Å². The van der Waals surface area contributed by atoms with Gasteiger partial charge >= 0.3 is 0 Å². The van der Waals surface area contributed by atoms with Crippen molar-refractivity contribution in [1.29, 1.82) is 0 Å². The van der Waals surface area contributed by atoms with E-state index in [1.54, 1.807) is 6.20 Å². The highest BCUT2D eigenvalue weighted by molar-refractivity contribution is 5.65. The standard InChI is InChI=1S/C15H20N4O/c1-18(2)12-5-6-16-14(8-12)15-9-13(19(3)4)7-11(10-20)17-15/h5-9,20H,10H2,1-4H3. The summed E-state index contributed by atoms with van der Waals surface area (Å²) >= 11 is 0. The van der Waals surface area contributed by atoms with E-state index < -0.39 is 0 Å². The lowest BCUT2D eigenvalue weighted by molar-refractivity contribution is 0.277. The fourth-order valence-corrected chi connectivity index (χ4v) is 1.88. The van der Waals surface area contributed by atoms with E-state index in [-0.39, 0.29) is 6.61 Å². The van der Waals surface area contributed by atoms with Crippen LogP contribution in [-0.2, 0) is 6.61 Å². The first-order valence-corrected chi connectivity index (χ1v) is 6.44. The van der Waals surface area contributed by atoms with Crippen molar-refractivity contribution in [3.63, 3.8) is 0 Å². The maximum Gasteiger partial charge on any atom is 0.0911 e. The lowest BCUT2D eigenvalue weighted by Gasteiger charge is -2.16. The number of hydrogen-bond acceptors (Lipinski definition) is 5. The molecule has 0 atom stereocenters. The van der Waals surface area contributed by atoms with Crippen LogP contribution >= 0.6 is 0 Å². The highest BCUT2D eigenvalue weighted by Crippen LogP contribution is 2.24. The first-order chi connectivity index (χ1) is 9.51. The second-order valence-corrected chi connectivity index (χ2v) is 5.05. The molecule has 5 heteroatoms. The molecule has 0 saturated heterocycles. The zero-order valence-corrected chi connectivity index (χ0v) is 12.3. The van der Waals surface area contributed by atoms with Crippen molar-refractivity contribution < 1.29 is 5.11 Å². The second-order valence-electron chi connectivity index (χ2n) is 5.05. The van der Waals surface area contributed by atoms with Crippen LogP contribution in [-0.4, -0.2) is 43.3 Å². The zero-order chi connectivity index (χ0) is 14.7. The smallest absolute Gasteiger partial charge is 0.0911 e. The first kappa shape index (κ1) is 14.3. The number of anilines is 2. The minimum atomic E-state index is -0.0813. The summed E-state index contributed by atoms with van der Waals surface area (Å²) in [5, 5.41) is 9.35. The lowest BCUT2D eigenvalue weighted by Crippen LogP contribution is -2.11. The first-order valence-electron chi connectivity index (χ1n) is 6.44. The molecule has 0 fully saturated rings. The fraction of sp³-hybridized carbons (Fsp3) is 0.333. The normalized spacial score (nSPS) is 10.4. The summed E-state index contributed by atoms with van der Waals surface area (Å²) in [4.78, 5) is 12.8. The minimum Gasteiger partial charge on any atom is -0.390 e. The number of aliphatic hydroxyl groups is 1. The fourth-order valence-electron chi connectivity index (χ4n) is 1.88. The molecule has 2 rings (SSSR count). The molecular formula is C15H20N4O. The number of nitrogens with zero attached hydrogens (tertiary/aromatic N) is 4. The van der Waals surface area contributed by atoms with Gasteiger partial charge in [0.15, 0.2) is 0 Å². The average molecular weight is 272 g/mol. The number of aliphatic hydroxyl groups excluding tert-OH is 1. The molecule has 106 valence electrons. The molecular weight excluding hydrogens is 252 g/mol. The minimum absolute atomic E-state index is 0.0813. The Balaban J connectivity index is 2.51. The van der Waals surface area contributed by atoms with Gasteiger partial charge in [-0.3, -0.25) is 4.98 Å². The van der Waals surface area contributed by atoms with Crippen LogP contribution in [0.4, 0.5) is 11.4 Å². The molecule has 0 spiro atoms. The van der Waals surface area contributed by atoms with Gasteiger partial charge in [0.05, 0.1) is 23.7 Å². The van der Waals surface area contributed by atoms with Gasteiger partial charge in [-0.2, -0.15) is 0 Å². The van der Waals surface area contributed by atoms with E-state index in [0.29, 0.717) is 5.69 Å². The van der Waals surface area contributed by atoms with Crippen molar-refractivity contribution in [2.24, 2.45) is 0 Å². The summed E-state index contributed by atoms with van der Waals surface area (Å²) in [5.74, 6) is 0. The molecule has 0 saturated carbocycles. The molecule has 1 N–H and O–H groups in total. The third kappa shape index (κ3) is 3.05. The Kier molecular flexibility index (Phi) is 4.20. The molecule has 20 heavy (non-hydrogen) atoms. The quantitative estimate of drug-likeness (QED) is 0.919. The van der Waals surface area contributed by atoms with E-state index >= 15 is 0 Å². The van der Waals surface area contributed by atoms with E-state index in [0.717, 1.165) is 22.8 Å². The Morgan fingerprint density at radius 2 is 1.60 bits per heavy atom. The molecule has 0 aromatic carbocycles. The van der Waals surface area contributed by atoms with E-state index in [2.05, 4.69) is 9.97 Å². The highest BCUT2D eigenvalue weighted by Gasteiger charge is 2.08. The molecule has 0 amide bonds. The van der Waals surface area contributed by atoms with Gasteiger partial charge in [-0.25, -0.2) is 4.98 Å². The molecule has 5 nitrogen and oxygen atoms in total. The predicted octanol–water partition coefficient (Wildman–Crippen LogP) is 1.77. The SMILES string of the molecule is CN(C)c1ccnc(-c2cc(N(C)C)cc(CO)n2)c1. The predicted molar refractivity (Wildman–Crippen MR) is 82.0 cm³/mol. The second kappa shape index (κ2) is 5.88. The van der Waals surface area contributed by atoms with E-state index in [9.17, 15) is 5.11 Å². The van der Waals surface area contributed by atoms with Gasteiger partial charge in [-0.1, -0.05) is 0 Å². The van der Waals surface area contributed by atoms with Crippen LogP contribution in [0.3, 0.4) is 0 Å². The molecule has 0 radical (unpaired) electrons. The topological polar surface area (TPSA) is 52.5 Å². The van der Waals surface area contributed by atoms with Crippen LogP contribution < -0.4 is 9.80 Å².